The molecule has 19 heavy (non-hydrogen) atoms. The van der Waals surface area contributed by atoms with E-state index in [0.29, 0.717) is 12.2 Å². The fourth-order valence-electron chi connectivity index (χ4n) is 1.67. The smallest absolute Gasteiger partial charge is 0.251 e. The largest absolute Gasteiger partial charge is 0.488 e. The predicted octanol–water partition coefficient (Wildman–Crippen LogP) is 3.39. The van der Waals surface area contributed by atoms with E-state index in [4.69, 9.17) is 4.74 Å². The van der Waals surface area contributed by atoms with Crippen molar-refractivity contribution < 1.29 is 9.53 Å². The third kappa shape index (κ3) is 3.58. The van der Waals surface area contributed by atoms with E-state index in [9.17, 15) is 4.79 Å². The SMILES string of the molecule is CNC(=O)c1cccc(COc2ccccc2Br)c1. The summed E-state index contributed by atoms with van der Waals surface area (Å²) in [6, 6.07) is 15.1. The van der Waals surface area contributed by atoms with Gasteiger partial charge in [-0.2, -0.15) is 0 Å². The summed E-state index contributed by atoms with van der Waals surface area (Å²) in [5, 5.41) is 2.60. The molecule has 2 aromatic carbocycles. The second-order valence-electron chi connectivity index (χ2n) is 4.00. The van der Waals surface area contributed by atoms with Gasteiger partial charge in [0.15, 0.2) is 0 Å². The molecule has 0 saturated carbocycles. The molecule has 0 radical (unpaired) electrons. The van der Waals surface area contributed by atoms with Gasteiger partial charge < -0.3 is 10.1 Å². The summed E-state index contributed by atoms with van der Waals surface area (Å²) in [5.74, 6) is 0.690. The standard InChI is InChI=1S/C15H14BrNO2/c1-17-15(18)12-6-4-5-11(9-12)10-19-14-8-3-2-7-13(14)16/h2-9H,10H2,1H3,(H,17,18). The van der Waals surface area contributed by atoms with Crippen molar-refractivity contribution in [2.24, 2.45) is 0 Å². The lowest BCUT2D eigenvalue weighted by molar-refractivity contribution is 0.0963. The summed E-state index contributed by atoms with van der Waals surface area (Å²) in [6.07, 6.45) is 0. The van der Waals surface area contributed by atoms with Crippen LogP contribution >= 0.6 is 15.9 Å². The second kappa shape index (κ2) is 6.38. The molecule has 0 aliphatic carbocycles. The molecule has 0 aliphatic rings. The molecule has 1 amide bonds. The Morgan fingerprint density at radius 1 is 1.21 bits per heavy atom. The van der Waals surface area contributed by atoms with Gasteiger partial charge in [0.1, 0.15) is 12.4 Å². The number of amides is 1. The number of halogens is 1. The zero-order valence-corrected chi connectivity index (χ0v) is 12.1. The molecule has 0 heterocycles. The highest BCUT2D eigenvalue weighted by molar-refractivity contribution is 9.10. The zero-order chi connectivity index (χ0) is 13.7. The number of hydrogen-bond donors (Lipinski definition) is 1. The van der Waals surface area contributed by atoms with E-state index in [1.807, 2.05) is 42.5 Å². The molecule has 4 heteroatoms. The van der Waals surface area contributed by atoms with Gasteiger partial charge in [-0.05, 0) is 45.8 Å². The minimum absolute atomic E-state index is 0.0947. The Morgan fingerprint density at radius 3 is 2.74 bits per heavy atom. The van der Waals surface area contributed by atoms with E-state index < -0.39 is 0 Å². The summed E-state index contributed by atoms with van der Waals surface area (Å²) >= 11 is 3.43. The van der Waals surface area contributed by atoms with Crippen molar-refractivity contribution in [3.8, 4) is 5.75 Å². The van der Waals surface area contributed by atoms with E-state index in [0.717, 1.165) is 15.8 Å². The van der Waals surface area contributed by atoms with Crippen molar-refractivity contribution >= 4 is 21.8 Å². The molecular weight excluding hydrogens is 306 g/mol. The lowest BCUT2D eigenvalue weighted by Crippen LogP contribution is -2.17. The molecule has 0 fully saturated rings. The lowest BCUT2D eigenvalue weighted by Gasteiger charge is -2.09. The molecule has 0 atom stereocenters. The first kappa shape index (κ1) is 13.6. The minimum Gasteiger partial charge on any atom is -0.488 e. The summed E-state index contributed by atoms with van der Waals surface area (Å²) < 4.78 is 6.63. The number of benzene rings is 2. The summed E-state index contributed by atoms with van der Waals surface area (Å²) in [4.78, 5) is 11.5. The molecular formula is C15H14BrNO2. The fourth-order valence-corrected chi connectivity index (χ4v) is 2.07. The van der Waals surface area contributed by atoms with Gasteiger partial charge in [0.05, 0.1) is 4.47 Å². The van der Waals surface area contributed by atoms with Crippen LogP contribution in [-0.4, -0.2) is 13.0 Å². The van der Waals surface area contributed by atoms with Gasteiger partial charge in [-0.25, -0.2) is 0 Å². The number of carbonyl (C=O) groups is 1. The Kier molecular flexibility index (Phi) is 4.58. The van der Waals surface area contributed by atoms with E-state index in [1.165, 1.54) is 0 Å². The molecule has 0 spiro atoms. The zero-order valence-electron chi connectivity index (χ0n) is 10.5. The average molecular weight is 320 g/mol. The lowest BCUT2D eigenvalue weighted by atomic mass is 10.1. The molecule has 3 nitrogen and oxygen atoms in total. The molecule has 2 aromatic rings. The van der Waals surface area contributed by atoms with E-state index in [-0.39, 0.29) is 5.91 Å². The second-order valence-corrected chi connectivity index (χ2v) is 4.85. The molecule has 0 saturated heterocycles. The van der Waals surface area contributed by atoms with Crippen molar-refractivity contribution in [3.63, 3.8) is 0 Å². The molecule has 98 valence electrons. The van der Waals surface area contributed by atoms with Crippen molar-refractivity contribution in [1.82, 2.24) is 5.32 Å². The fraction of sp³-hybridized carbons (Fsp3) is 0.133. The number of ether oxygens (including phenoxy) is 1. The molecule has 0 aromatic heterocycles. The first-order chi connectivity index (χ1) is 9.20. The summed E-state index contributed by atoms with van der Waals surface area (Å²) in [5.41, 5.74) is 1.59. The first-order valence-corrected chi connectivity index (χ1v) is 6.68. The van der Waals surface area contributed by atoms with Crippen LogP contribution in [0.1, 0.15) is 15.9 Å². The van der Waals surface area contributed by atoms with Gasteiger partial charge in [-0.3, -0.25) is 4.79 Å². The van der Waals surface area contributed by atoms with Gasteiger partial charge in [-0.15, -0.1) is 0 Å². The maximum absolute atomic E-state index is 11.5. The van der Waals surface area contributed by atoms with Crippen molar-refractivity contribution in [2.45, 2.75) is 6.61 Å². The topological polar surface area (TPSA) is 38.3 Å². The first-order valence-electron chi connectivity index (χ1n) is 5.89. The Balaban J connectivity index is 2.08. The quantitative estimate of drug-likeness (QED) is 0.938. The maximum atomic E-state index is 11.5. The number of hydrogen-bond acceptors (Lipinski definition) is 2. The van der Waals surface area contributed by atoms with Crippen LogP contribution in [0.5, 0.6) is 5.75 Å². The minimum atomic E-state index is -0.0947. The molecule has 0 unspecified atom stereocenters. The number of para-hydroxylation sites is 1. The Labute approximate surface area is 120 Å². The number of rotatable bonds is 4. The monoisotopic (exact) mass is 319 g/mol. The van der Waals surface area contributed by atoms with E-state index in [2.05, 4.69) is 21.2 Å². The Hall–Kier alpha value is -1.81. The van der Waals surface area contributed by atoms with Crippen LogP contribution in [-0.2, 0) is 6.61 Å². The van der Waals surface area contributed by atoms with Crippen LogP contribution in [0.2, 0.25) is 0 Å². The van der Waals surface area contributed by atoms with Crippen LogP contribution in [0.4, 0.5) is 0 Å². The molecule has 2 rings (SSSR count). The van der Waals surface area contributed by atoms with Gasteiger partial charge in [0.25, 0.3) is 5.91 Å². The molecule has 1 N–H and O–H groups in total. The highest BCUT2D eigenvalue weighted by atomic mass is 79.9. The van der Waals surface area contributed by atoms with E-state index >= 15 is 0 Å². The predicted molar refractivity (Wildman–Crippen MR) is 78.3 cm³/mol. The average Bonchev–Trinajstić information content (AvgIpc) is 2.46. The number of carbonyl (C=O) groups excluding carboxylic acids is 1. The van der Waals surface area contributed by atoms with Gasteiger partial charge in [0.2, 0.25) is 0 Å². The number of nitrogens with one attached hydrogen (secondary N) is 1. The van der Waals surface area contributed by atoms with Crippen LogP contribution < -0.4 is 10.1 Å². The van der Waals surface area contributed by atoms with Gasteiger partial charge in [-0.1, -0.05) is 24.3 Å². The van der Waals surface area contributed by atoms with Crippen molar-refractivity contribution in [2.75, 3.05) is 7.05 Å². The van der Waals surface area contributed by atoms with Crippen molar-refractivity contribution in [3.05, 3.63) is 64.1 Å². The maximum Gasteiger partial charge on any atom is 0.251 e. The van der Waals surface area contributed by atoms with Crippen LogP contribution in [0.25, 0.3) is 0 Å². The van der Waals surface area contributed by atoms with Crippen LogP contribution in [0.15, 0.2) is 53.0 Å². The highest BCUT2D eigenvalue weighted by Gasteiger charge is 2.05. The Morgan fingerprint density at radius 2 is 2.00 bits per heavy atom. The van der Waals surface area contributed by atoms with Crippen LogP contribution in [0.3, 0.4) is 0 Å². The normalized spacial score (nSPS) is 10.0. The summed E-state index contributed by atoms with van der Waals surface area (Å²) in [6.45, 7) is 0.424. The highest BCUT2D eigenvalue weighted by Crippen LogP contribution is 2.24. The Bertz CT molecular complexity index is 584. The van der Waals surface area contributed by atoms with E-state index in [1.54, 1.807) is 13.1 Å². The van der Waals surface area contributed by atoms with Crippen LogP contribution in [0, 0.1) is 0 Å². The molecule has 0 aliphatic heterocycles. The third-order valence-corrected chi connectivity index (χ3v) is 3.30. The van der Waals surface area contributed by atoms with Gasteiger partial charge in [0, 0.05) is 12.6 Å². The van der Waals surface area contributed by atoms with Crippen molar-refractivity contribution in [1.29, 1.82) is 0 Å². The summed E-state index contributed by atoms with van der Waals surface area (Å²) in [7, 11) is 1.62. The third-order valence-electron chi connectivity index (χ3n) is 2.65. The van der Waals surface area contributed by atoms with Gasteiger partial charge >= 0.3 is 0 Å². The molecule has 0 bridgehead atoms.